The molecule has 3 N–H and O–H groups in total. The van der Waals surface area contributed by atoms with E-state index in [1.54, 1.807) is 26.0 Å². The van der Waals surface area contributed by atoms with Gasteiger partial charge >= 0.3 is 0 Å². The molecule has 1 aromatic rings. The number of hydrogen-bond acceptors (Lipinski definition) is 2. The molecule has 0 saturated carbocycles. The second kappa shape index (κ2) is 5.47. The molecule has 0 saturated heterocycles. The van der Waals surface area contributed by atoms with Crippen LogP contribution in [0.1, 0.15) is 19.4 Å². The number of halogens is 1. The predicted octanol–water partition coefficient (Wildman–Crippen LogP) is 2.27. The number of carbonyl (C=O) groups excluding carboxylic acids is 1. The number of nitrogens with one attached hydrogen (secondary N) is 1. The zero-order valence-corrected chi connectivity index (χ0v) is 11.4. The van der Waals surface area contributed by atoms with Crippen LogP contribution in [0.2, 0.25) is 5.02 Å². The number of benzene rings is 1. The van der Waals surface area contributed by atoms with Gasteiger partial charge < -0.3 is 11.1 Å². The summed E-state index contributed by atoms with van der Waals surface area (Å²) in [4.78, 5) is 12.0. The molecule has 0 unspecified atom stereocenters. The summed E-state index contributed by atoms with van der Waals surface area (Å²) in [6.07, 6.45) is 0. The molecule has 3 nitrogen and oxygen atoms in total. The number of nitrogens with two attached hydrogens (primary N) is 1. The lowest BCUT2D eigenvalue weighted by atomic mass is 9.92. The molecular formula is C12H15ClN2OS. The number of rotatable bonds is 4. The van der Waals surface area contributed by atoms with E-state index in [1.807, 2.05) is 12.1 Å². The second-order valence-electron chi connectivity index (χ2n) is 4.30. The molecule has 1 rings (SSSR count). The minimum Gasteiger partial charge on any atom is -0.392 e. The molecule has 0 aliphatic rings. The highest BCUT2D eigenvalue weighted by molar-refractivity contribution is 7.80. The van der Waals surface area contributed by atoms with Crippen LogP contribution >= 0.6 is 23.8 Å². The Morgan fingerprint density at radius 1 is 1.53 bits per heavy atom. The Balaban J connectivity index is 2.63. The number of carbonyl (C=O) groups is 1. The van der Waals surface area contributed by atoms with E-state index in [1.165, 1.54) is 0 Å². The fourth-order valence-corrected chi connectivity index (χ4v) is 1.47. The standard InChI is InChI=1S/C12H15ClN2OS/c1-12(2,10(14)17)11(16)15-7-8-4-3-5-9(13)6-8/h3-6H,7H2,1-2H3,(H2,14,17)(H,15,16). The van der Waals surface area contributed by atoms with Gasteiger partial charge in [-0.2, -0.15) is 0 Å². The molecule has 17 heavy (non-hydrogen) atoms. The van der Waals surface area contributed by atoms with Crippen LogP contribution in [0.15, 0.2) is 24.3 Å². The first-order valence-corrected chi connectivity index (χ1v) is 5.95. The maximum Gasteiger partial charge on any atom is 0.232 e. The van der Waals surface area contributed by atoms with Gasteiger partial charge in [-0.25, -0.2) is 0 Å². The fraction of sp³-hybridized carbons (Fsp3) is 0.333. The van der Waals surface area contributed by atoms with Gasteiger partial charge in [0.2, 0.25) is 5.91 Å². The minimum atomic E-state index is -0.839. The predicted molar refractivity (Wildman–Crippen MR) is 73.9 cm³/mol. The quantitative estimate of drug-likeness (QED) is 0.826. The zero-order chi connectivity index (χ0) is 13.1. The molecular weight excluding hydrogens is 256 g/mol. The topological polar surface area (TPSA) is 55.1 Å². The van der Waals surface area contributed by atoms with Crippen molar-refractivity contribution in [2.75, 3.05) is 0 Å². The maximum absolute atomic E-state index is 11.9. The highest BCUT2D eigenvalue weighted by Gasteiger charge is 2.30. The van der Waals surface area contributed by atoms with Crippen molar-refractivity contribution in [2.45, 2.75) is 20.4 Å². The third kappa shape index (κ3) is 3.68. The lowest BCUT2D eigenvalue weighted by Gasteiger charge is -2.21. The van der Waals surface area contributed by atoms with Crippen LogP contribution in [0, 0.1) is 5.41 Å². The van der Waals surface area contributed by atoms with E-state index in [4.69, 9.17) is 29.6 Å². The summed E-state index contributed by atoms with van der Waals surface area (Å²) >= 11 is 10.7. The lowest BCUT2D eigenvalue weighted by Crippen LogP contribution is -2.44. The van der Waals surface area contributed by atoms with Crippen LogP contribution in [-0.4, -0.2) is 10.9 Å². The van der Waals surface area contributed by atoms with Crippen molar-refractivity contribution in [1.82, 2.24) is 5.32 Å². The van der Waals surface area contributed by atoms with Gasteiger partial charge in [0.1, 0.15) is 0 Å². The first-order valence-electron chi connectivity index (χ1n) is 5.16. The van der Waals surface area contributed by atoms with E-state index in [0.717, 1.165) is 5.56 Å². The zero-order valence-electron chi connectivity index (χ0n) is 9.79. The summed E-state index contributed by atoms with van der Waals surface area (Å²) < 4.78 is 0. The lowest BCUT2D eigenvalue weighted by molar-refractivity contribution is -0.126. The molecule has 0 bridgehead atoms. The van der Waals surface area contributed by atoms with Gasteiger partial charge in [-0.15, -0.1) is 0 Å². The Morgan fingerprint density at radius 3 is 2.71 bits per heavy atom. The van der Waals surface area contributed by atoms with Crippen molar-refractivity contribution in [2.24, 2.45) is 11.1 Å². The van der Waals surface area contributed by atoms with E-state index in [-0.39, 0.29) is 10.9 Å². The van der Waals surface area contributed by atoms with E-state index in [0.29, 0.717) is 11.6 Å². The van der Waals surface area contributed by atoms with Crippen LogP contribution < -0.4 is 11.1 Å². The molecule has 0 aromatic heterocycles. The average molecular weight is 271 g/mol. The Bertz CT molecular complexity index is 446. The Hall–Kier alpha value is -1.13. The SMILES string of the molecule is CC(C)(C(=O)NCc1cccc(Cl)c1)C(N)=S. The molecule has 0 radical (unpaired) electrons. The Labute approximate surface area is 111 Å². The van der Waals surface area contributed by atoms with Gasteiger partial charge in [0, 0.05) is 11.6 Å². The summed E-state index contributed by atoms with van der Waals surface area (Å²) in [6, 6.07) is 7.31. The van der Waals surface area contributed by atoms with Crippen LogP contribution in [0.5, 0.6) is 0 Å². The van der Waals surface area contributed by atoms with Crippen LogP contribution in [0.25, 0.3) is 0 Å². The smallest absolute Gasteiger partial charge is 0.232 e. The maximum atomic E-state index is 11.9. The molecule has 1 aromatic carbocycles. The van der Waals surface area contributed by atoms with E-state index in [2.05, 4.69) is 5.32 Å². The molecule has 0 aliphatic heterocycles. The highest BCUT2D eigenvalue weighted by atomic mass is 35.5. The largest absolute Gasteiger partial charge is 0.392 e. The van der Waals surface area contributed by atoms with Crippen molar-refractivity contribution >= 4 is 34.7 Å². The first-order chi connectivity index (χ1) is 7.84. The molecule has 0 aliphatic carbocycles. The van der Waals surface area contributed by atoms with Gasteiger partial charge in [0.05, 0.1) is 10.4 Å². The average Bonchev–Trinajstić information content (AvgIpc) is 2.25. The summed E-state index contributed by atoms with van der Waals surface area (Å²) in [5.41, 5.74) is 5.61. The number of thiocarbonyl (C=S) groups is 1. The third-order valence-electron chi connectivity index (χ3n) is 2.53. The van der Waals surface area contributed by atoms with Crippen molar-refractivity contribution in [3.8, 4) is 0 Å². The Kier molecular flexibility index (Phi) is 4.48. The Morgan fingerprint density at radius 2 is 2.18 bits per heavy atom. The summed E-state index contributed by atoms with van der Waals surface area (Å²) in [5, 5.41) is 3.43. The molecule has 92 valence electrons. The van der Waals surface area contributed by atoms with E-state index < -0.39 is 5.41 Å². The molecule has 0 fully saturated rings. The number of amides is 1. The van der Waals surface area contributed by atoms with Crippen LogP contribution in [0.4, 0.5) is 0 Å². The molecule has 0 atom stereocenters. The second-order valence-corrected chi connectivity index (χ2v) is 5.18. The van der Waals surface area contributed by atoms with Gasteiger partial charge in [-0.05, 0) is 31.5 Å². The third-order valence-corrected chi connectivity index (χ3v) is 3.27. The molecule has 0 heterocycles. The monoisotopic (exact) mass is 270 g/mol. The molecule has 5 heteroatoms. The van der Waals surface area contributed by atoms with Crippen molar-refractivity contribution in [3.63, 3.8) is 0 Å². The van der Waals surface area contributed by atoms with Crippen molar-refractivity contribution < 1.29 is 4.79 Å². The van der Waals surface area contributed by atoms with Crippen LogP contribution in [0.3, 0.4) is 0 Å². The summed E-state index contributed by atoms with van der Waals surface area (Å²) in [7, 11) is 0. The first kappa shape index (κ1) is 13.9. The molecule has 0 spiro atoms. The van der Waals surface area contributed by atoms with Gasteiger partial charge in [0.15, 0.2) is 0 Å². The summed E-state index contributed by atoms with van der Waals surface area (Å²) in [5.74, 6) is -0.190. The molecule has 1 amide bonds. The minimum absolute atomic E-state index is 0.182. The fourth-order valence-electron chi connectivity index (χ4n) is 1.16. The van der Waals surface area contributed by atoms with E-state index >= 15 is 0 Å². The number of hydrogen-bond donors (Lipinski definition) is 2. The van der Waals surface area contributed by atoms with Crippen molar-refractivity contribution in [3.05, 3.63) is 34.9 Å². The van der Waals surface area contributed by atoms with Gasteiger partial charge in [0.25, 0.3) is 0 Å². The van der Waals surface area contributed by atoms with Gasteiger partial charge in [-0.3, -0.25) is 4.79 Å². The normalized spacial score (nSPS) is 11.0. The van der Waals surface area contributed by atoms with Gasteiger partial charge in [-0.1, -0.05) is 36.0 Å². The van der Waals surface area contributed by atoms with Crippen LogP contribution in [-0.2, 0) is 11.3 Å². The van der Waals surface area contributed by atoms with E-state index in [9.17, 15) is 4.79 Å². The highest BCUT2D eigenvalue weighted by Crippen LogP contribution is 2.16. The summed E-state index contributed by atoms with van der Waals surface area (Å²) in [6.45, 7) is 3.80. The van der Waals surface area contributed by atoms with Crippen molar-refractivity contribution in [1.29, 1.82) is 0 Å².